The van der Waals surface area contributed by atoms with E-state index < -0.39 is 0 Å². The van der Waals surface area contributed by atoms with E-state index in [1.165, 1.54) is 25.9 Å². The number of rotatable bonds is 1. The van der Waals surface area contributed by atoms with Crippen molar-refractivity contribution >= 4 is 0 Å². The molecule has 0 aromatic carbocycles. The molecule has 1 heteroatoms. The average molecular weight is 171 g/mol. The molecule has 12 heavy (non-hydrogen) atoms. The Balaban J connectivity index is 0.000000561. The first-order valence-electron chi connectivity index (χ1n) is 5.48. The van der Waals surface area contributed by atoms with Gasteiger partial charge in [-0.3, -0.25) is 0 Å². The van der Waals surface area contributed by atoms with E-state index in [0.717, 1.165) is 12.0 Å². The molecule has 2 atom stereocenters. The zero-order valence-corrected chi connectivity index (χ0v) is 9.43. The highest BCUT2D eigenvalue weighted by Crippen LogP contribution is 2.21. The van der Waals surface area contributed by atoms with Gasteiger partial charge < -0.3 is 4.90 Å². The van der Waals surface area contributed by atoms with E-state index in [1.54, 1.807) is 0 Å². The van der Waals surface area contributed by atoms with Gasteiger partial charge in [0.2, 0.25) is 0 Å². The maximum Gasteiger partial charge on any atom is 0.00693 e. The van der Waals surface area contributed by atoms with Crippen LogP contribution in [0.4, 0.5) is 0 Å². The van der Waals surface area contributed by atoms with Crippen molar-refractivity contribution < 1.29 is 0 Å². The molecule has 1 heterocycles. The number of likely N-dealkylation sites (tertiary alicyclic amines) is 1. The average Bonchev–Trinajstić information content (AvgIpc) is 2.08. The quantitative estimate of drug-likeness (QED) is 0.586. The van der Waals surface area contributed by atoms with Crippen LogP contribution in [0.5, 0.6) is 0 Å². The maximum atomic E-state index is 2.57. The Morgan fingerprint density at radius 2 is 1.83 bits per heavy atom. The summed E-state index contributed by atoms with van der Waals surface area (Å²) in [4.78, 5) is 2.57. The molecule has 0 amide bonds. The van der Waals surface area contributed by atoms with Crippen molar-refractivity contribution in [1.82, 2.24) is 4.90 Å². The second-order valence-electron chi connectivity index (χ2n) is 3.61. The van der Waals surface area contributed by atoms with Crippen LogP contribution in [0.2, 0.25) is 0 Å². The summed E-state index contributed by atoms with van der Waals surface area (Å²) in [7, 11) is 0. The predicted molar refractivity (Wildman–Crippen MR) is 56.5 cm³/mol. The third-order valence-corrected chi connectivity index (χ3v) is 2.68. The van der Waals surface area contributed by atoms with Crippen LogP contribution in [0.15, 0.2) is 0 Å². The zero-order valence-electron chi connectivity index (χ0n) is 9.43. The molecule has 0 radical (unpaired) electrons. The van der Waals surface area contributed by atoms with Gasteiger partial charge in [0.15, 0.2) is 0 Å². The van der Waals surface area contributed by atoms with Crippen LogP contribution in [0, 0.1) is 5.92 Å². The van der Waals surface area contributed by atoms with E-state index in [9.17, 15) is 0 Å². The predicted octanol–water partition coefficient (Wildman–Crippen LogP) is 3.15. The van der Waals surface area contributed by atoms with E-state index in [2.05, 4.69) is 25.7 Å². The highest BCUT2D eigenvalue weighted by Gasteiger charge is 2.20. The first-order chi connectivity index (χ1) is 5.74. The molecule has 0 aromatic heterocycles. The van der Waals surface area contributed by atoms with Crippen LogP contribution < -0.4 is 0 Å². The van der Waals surface area contributed by atoms with Gasteiger partial charge in [-0.25, -0.2) is 0 Å². The lowest BCUT2D eigenvalue weighted by molar-refractivity contribution is 0.136. The van der Waals surface area contributed by atoms with Gasteiger partial charge in [-0.05, 0) is 38.8 Å². The van der Waals surface area contributed by atoms with E-state index in [-0.39, 0.29) is 0 Å². The molecule has 0 aliphatic carbocycles. The molecule has 0 spiro atoms. The molecular weight excluding hydrogens is 146 g/mol. The lowest BCUT2D eigenvalue weighted by Gasteiger charge is -2.35. The summed E-state index contributed by atoms with van der Waals surface area (Å²) < 4.78 is 0. The van der Waals surface area contributed by atoms with Crippen LogP contribution in [-0.4, -0.2) is 24.0 Å². The van der Waals surface area contributed by atoms with Gasteiger partial charge in [-0.15, -0.1) is 0 Å². The highest BCUT2D eigenvalue weighted by atomic mass is 15.1. The summed E-state index contributed by atoms with van der Waals surface area (Å²) in [6, 6.07) is 0.828. The number of piperidine rings is 1. The molecule has 1 saturated heterocycles. The van der Waals surface area contributed by atoms with Crippen LogP contribution >= 0.6 is 0 Å². The number of hydrogen-bond donors (Lipinski definition) is 0. The SMILES string of the molecule is CC.CCN1CCC(C)CC1C. The lowest BCUT2D eigenvalue weighted by Crippen LogP contribution is -2.39. The van der Waals surface area contributed by atoms with Crippen molar-refractivity contribution in [3.63, 3.8) is 0 Å². The molecule has 1 aliphatic rings. The Morgan fingerprint density at radius 3 is 2.25 bits per heavy atom. The van der Waals surface area contributed by atoms with E-state index >= 15 is 0 Å². The van der Waals surface area contributed by atoms with Gasteiger partial charge in [0.05, 0.1) is 0 Å². The fraction of sp³-hybridized carbons (Fsp3) is 1.00. The van der Waals surface area contributed by atoms with Gasteiger partial charge in [0, 0.05) is 6.04 Å². The Kier molecular flexibility index (Phi) is 6.45. The Morgan fingerprint density at radius 1 is 1.25 bits per heavy atom. The Labute approximate surface area is 78.1 Å². The molecule has 1 nitrogen and oxygen atoms in total. The summed E-state index contributed by atoms with van der Waals surface area (Å²) in [5.74, 6) is 0.956. The van der Waals surface area contributed by atoms with Crippen molar-refractivity contribution in [3.05, 3.63) is 0 Å². The molecule has 74 valence electrons. The molecule has 0 N–H and O–H groups in total. The summed E-state index contributed by atoms with van der Waals surface area (Å²) >= 11 is 0. The van der Waals surface area contributed by atoms with Crippen molar-refractivity contribution in [2.45, 2.75) is 53.5 Å². The van der Waals surface area contributed by atoms with Crippen LogP contribution in [0.1, 0.15) is 47.5 Å². The monoisotopic (exact) mass is 171 g/mol. The molecule has 0 aromatic rings. The van der Waals surface area contributed by atoms with Crippen LogP contribution in [0.25, 0.3) is 0 Å². The van der Waals surface area contributed by atoms with Crippen LogP contribution in [0.3, 0.4) is 0 Å². The molecular formula is C11H25N. The second kappa shape index (κ2) is 6.47. The highest BCUT2D eigenvalue weighted by molar-refractivity contribution is 4.75. The third kappa shape index (κ3) is 3.57. The smallest absolute Gasteiger partial charge is 0.00693 e. The van der Waals surface area contributed by atoms with Crippen LogP contribution in [-0.2, 0) is 0 Å². The minimum absolute atomic E-state index is 0.828. The third-order valence-electron chi connectivity index (χ3n) is 2.68. The first-order valence-corrected chi connectivity index (χ1v) is 5.48. The summed E-state index contributed by atoms with van der Waals surface area (Å²) in [6.45, 7) is 13.5. The normalized spacial score (nSPS) is 30.8. The van der Waals surface area contributed by atoms with Gasteiger partial charge in [0.25, 0.3) is 0 Å². The zero-order chi connectivity index (χ0) is 9.56. The number of hydrogen-bond acceptors (Lipinski definition) is 1. The van der Waals surface area contributed by atoms with Crippen molar-refractivity contribution in [2.24, 2.45) is 5.92 Å². The topological polar surface area (TPSA) is 3.24 Å². The summed E-state index contributed by atoms with van der Waals surface area (Å²) in [5.41, 5.74) is 0. The van der Waals surface area contributed by atoms with Crippen molar-refractivity contribution in [2.75, 3.05) is 13.1 Å². The fourth-order valence-corrected chi connectivity index (χ4v) is 1.93. The molecule has 0 bridgehead atoms. The standard InChI is InChI=1S/C9H19N.C2H6/c1-4-10-6-5-8(2)7-9(10)3;1-2/h8-9H,4-7H2,1-3H3;1-2H3. The van der Waals surface area contributed by atoms with Gasteiger partial charge >= 0.3 is 0 Å². The minimum atomic E-state index is 0.828. The Hall–Kier alpha value is -0.0400. The van der Waals surface area contributed by atoms with Gasteiger partial charge in [-0.1, -0.05) is 27.7 Å². The van der Waals surface area contributed by atoms with E-state index in [4.69, 9.17) is 0 Å². The fourth-order valence-electron chi connectivity index (χ4n) is 1.93. The first kappa shape index (κ1) is 12.0. The van der Waals surface area contributed by atoms with E-state index in [1.807, 2.05) is 13.8 Å². The number of nitrogens with zero attached hydrogens (tertiary/aromatic N) is 1. The lowest BCUT2D eigenvalue weighted by atomic mass is 9.93. The maximum absolute atomic E-state index is 2.57. The van der Waals surface area contributed by atoms with Gasteiger partial charge in [-0.2, -0.15) is 0 Å². The summed E-state index contributed by atoms with van der Waals surface area (Å²) in [6.07, 6.45) is 2.80. The Bertz CT molecular complexity index is 101. The molecule has 2 unspecified atom stereocenters. The molecule has 0 saturated carbocycles. The van der Waals surface area contributed by atoms with E-state index in [0.29, 0.717) is 0 Å². The summed E-state index contributed by atoms with van der Waals surface area (Å²) in [5, 5.41) is 0. The second-order valence-corrected chi connectivity index (χ2v) is 3.61. The minimum Gasteiger partial charge on any atom is -0.301 e. The largest absolute Gasteiger partial charge is 0.301 e. The molecule has 1 fully saturated rings. The van der Waals surface area contributed by atoms with Crippen molar-refractivity contribution in [3.8, 4) is 0 Å². The van der Waals surface area contributed by atoms with Gasteiger partial charge in [0.1, 0.15) is 0 Å². The molecule has 1 rings (SSSR count). The molecule has 1 aliphatic heterocycles. The van der Waals surface area contributed by atoms with Crippen molar-refractivity contribution in [1.29, 1.82) is 0 Å².